The second-order valence-electron chi connectivity index (χ2n) is 13.9. The number of nitrogens with zero attached hydrogens (tertiary/aromatic N) is 6. The number of rotatable bonds is 9. The zero-order valence-corrected chi connectivity index (χ0v) is 27.9. The number of amides is 1. The second-order valence-corrected chi connectivity index (χ2v) is 13.9. The molecule has 3 saturated heterocycles. The second kappa shape index (κ2) is 13.7. The molecule has 1 spiro atoms. The third kappa shape index (κ3) is 6.93. The highest BCUT2D eigenvalue weighted by Gasteiger charge is 2.45. The van der Waals surface area contributed by atoms with Crippen LogP contribution in [0.5, 0.6) is 0 Å². The molecule has 1 saturated carbocycles. The smallest absolute Gasteiger partial charge is 0.271 e. The zero-order valence-electron chi connectivity index (χ0n) is 27.9. The number of benzene rings is 1. The molecule has 0 unspecified atom stereocenters. The summed E-state index contributed by atoms with van der Waals surface area (Å²) < 4.78 is 5.62. The summed E-state index contributed by atoms with van der Waals surface area (Å²) in [6.07, 6.45) is 9.33. The molecule has 3 aliphatic heterocycles. The molecule has 4 N–H and O–H groups in total. The number of pyridine rings is 1. The number of nitrogens with one attached hydrogen (secondary N) is 2. The Morgan fingerprint density at radius 1 is 1.00 bits per heavy atom. The van der Waals surface area contributed by atoms with Gasteiger partial charge in [-0.3, -0.25) is 14.7 Å². The van der Waals surface area contributed by atoms with Crippen molar-refractivity contribution in [1.29, 1.82) is 0 Å². The molecule has 0 radical (unpaired) electrons. The van der Waals surface area contributed by atoms with E-state index in [9.17, 15) is 4.79 Å². The van der Waals surface area contributed by atoms with Gasteiger partial charge in [-0.25, -0.2) is 9.97 Å². The molecule has 0 bridgehead atoms. The van der Waals surface area contributed by atoms with Gasteiger partial charge in [-0.2, -0.15) is 0 Å². The highest BCUT2D eigenvalue weighted by molar-refractivity contribution is 5.97. The summed E-state index contributed by atoms with van der Waals surface area (Å²) in [4.78, 5) is 34.7. The highest BCUT2D eigenvalue weighted by atomic mass is 16.5. The summed E-state index contributed by atoms with van der Waals surface area (Å²) in [6, 6.07) is 13.1. The fraction of sp³-hybridized carbons (Fsp3) is 0.556. The average Bonchev–Trinajstić information content (AvgIpc) is 3.09. The highest BCUT2D eigenvalue weighted by Crippen LogP contribution is 2.50. The summed E-state index contributed by atoms with van der Waals surface area (Å²) >= 11 is 0. The van der Waals surface area contributed by atoms with E-state index in [1.807, 2.05) is 18.2 Å². The number of likely N-dealkylation sites (N-methyl/N-ethyl adjacent to an activating group) is 1. The number of carbonyl (C=O) groups excluding carboxylic acids is 1. The first-order valence-electron chi connectivity index (χ1n) is 17.4. The number of carbonyl (C=O) groups is 1. The van der Waals surface area contributed by atoms with E-state index >= 15 is 0 Å². The molecule has 5 heterocycles. The van der Waals surface area contributed by atoms with Crippen LogP contribution in [0.2, 0.25) is 0 Å². The largest absolute Gasteiger partial charge is 0.381 e. The number of aromatic nitrogens is 3. The quantitative estimate of drug-likeness (QED) is 0.308. The number of hydrogen-bond acceptors (Lipinski definition) is 10. The van der Waals surface area contributed by atoms with Crippen LogP contribution in [0.4, 0.5) is 23.0 Å². The number of aryl methyl sites for hydroxylation is 1. The van der Waals surface area contributed by atoms with Crippen molar-refractivity contribution >= 4 is 28.9 Å². The normalized spacial score (nSPS) is 21.0. The van der Waals surface area contributed by atoms with Crippen molar-refractivity contribution in [1.82, 2.24) is 24.8 Å². The molecule has 0 atom stereocenters. The van der Waals surface area contributed by atoms with E-state index in [4.69, 9.17) is 20.4 Å². The molecular formula is C36H49N9O2. The third-order valence-corrected chi connectivity index (χ3v) is 10.9. The zero-order chi connectivity index (χ0) is 32.4. The van der Waals surface area contributed by atoms with E-state index < -0.39 is 5.91 Å². The standard InChI is InChI=1S/C36H49N9O2/c1-3-25-22-26(7-8-30(25)45-14-9-28(10-15-45)44-18-16-43(2)17-19-44)39-35-32(33(37)46)41-31(29-6-4-5-13-38-29)34(42-35)40-27-23-36(24-27)11-20-47-21-12-36/h4-8,13,22,27-28H,3,9-12,14-21,23-24H2,1-2H3,(H2,37,46)(H2,39,40,42). The van der Waals surface area contributed by atoms with Gasteiger partial charge < -0.3 is 30.9 Å². The molecule has 4 aliphatic rings. The van der Waals surface area contributed by atoms with Crippen LogP contribution in [0.1, 0.15) is 61.5 Å². The van der Waals surface area contributed by atoms with Gasteiger partial charge in [0.05, 0.1) is 5.69 Å². The van der Waals surface area contributed by atoms with Crippen molar-refractivity contribution in [3.05, 3.63) is 53.9 Å². The van der Waals surface area contributed by atoms with E-state index in [1.165, 1.54) is 37.2 Å². The van der Waals surface area contributed by atoms with Crippen molar-refractivity contribution < 1.29 is 9.53 Å². The minimum Gasteiger partial charge on any atom is -0.381 e. The molecule has 1 aliphatic carbocycles. The lowest BCUT2D eigenvalue weighted by molar-refractivity contribution is -0.0342. The Kier molecular flexibility index (Phi) is 9.29. The van der Waals surface area contributed by atoms with Gasteiger partial charge in [0.25, 0.3) is 5.91 Å². The number of piperazine rings is 1. The van der Waals surface area contributed by atoms with Crippen LogP contribution in [0, 0.1) is 5.41 Å². The number of piperidine rings is 1. The van der Waals surface area contributed by atoms with E-state index in [0.717, 1.165) is 77.2 Å². The van der Waals surface area contributed by atoms with Crippen LogP contribution >= 0.6 is 0 Å². The Bertz CT molecular complexity index is 1540. The van der Waals surface area contributed by atoms with Gasteiger partial charge in [0.2, 0.25) is 0 Å². The lowest BCUT2D eigenvalue weighted by atomic mass is 9.61. The number of primary amides is 1. The van der Waals surface area contributed by atoms with Crippen molar-refractivity contribution in [2.75, 3.05) is 75.1 Å². The maximum atomic E-state index is 12.8. The molecule has 11 heteroatoms. The van der Waals surface area contributed by atoms with Crippen LogP contribution in [0.15, 0.2) is 42.6 Å². The average molecular weight is 640 g/mol. The van der Waals surface area contributed by atoms with Crippen LogP contribution in [0.25, 0.3) is 11.4 Å². The van der Waals surface area contributed by atoms with Crippen molar-refractivity contribution in [3.63, 3.8) is 0 Å². The lowest BCUT2D eigenvalue weighted by Crippen LogP contribution is -2.52. The number of anilines is 4. The van der Waals surface area contributed by atoms with Crippen molar-refractivity contribution in [2.24, 2.45) is 11.1 Å². The Balaban J connectivity index is 1.11. The van der Waals surface area contributed by atoms with Crippen molar-refractivity contribution in [3.8, 4) is 11.4 Å². The number of nitrogens with two attached hydrogens (primary N) is 1. The molecule has 47 heavy (non-hydrogen) atoms. The minimum atomic E-state index is -0.635. The van der Waals surface area contributed by atoms with Crippen LogP contribution in [-0.2, 0) is 11.2 Å². The molecule has 250 valence electrons. The molecule has 1 aromatic carbocycles. The van der Waals surface area contributed by atoms with Crippen molar-refractivity contribution in [2.45, 2.75) is 64.0 Å². The Hall–Kier alpha value is -3.80. The molecule has 3 aromatic rings. The van der Waals surface area contributed by atoms with E-state index in [-0.39, 0.29) is 11.7 Å². The van der Waals surface area contributed by atoms with E-state index in [0.29, 0.717) is 34.5 Å². The summed E-state index contributed by atoms with van der Waals surface area (Å²) in [5.74, 6) is 0.324. The van der Waals surface area contributed by atoms with Gasteiger partial charge in [-0.15, -0.1) is 0 Å². The summed E-state index contributed by atoms with van der Waals surface area (Å²) in [5.41, 5.74) is 10.9. The maximum Gasteiger partial charge on any atom is 0.271 e. The predicted molar refractivity (Wildman–Crippen MR) is 186 cm³/mol. The molecule has 7 rings (SSSR count). The van der Waals surface area contributed by atoms with E-state index in [1.54, 1.807) is 6.20 Å². The summed E-state index contributed by atoms with van der Waals surface area (Å²) in [6.45, 7) is 10.7. The first-order chi connectivity index (χ1) is 22.9. The molecule has 11 nitrogen and oxygen atoms in total. The van der Waals surface area contributed by atoms with Gasteiger partial charge in [0, 0.05) is 82.1 Å². The fourth-order valence-corrected chi connectivity index (χ4v) is 8.02. The molecule has 1 amide bonds. The minimum absolute atomic E-state index is 0.0961. The molecule has 2 aromatic heterocycles. The van der Waals surface area contributed by atoms with Crippen LogP contribution in [0.3, 0.4) is 0 Å². The Morgan fingerprint density at radius 3 is 2.45 bits per heavy atom. The van der Waals surface area contributed by atoms with Gasteiger partial charge in [0.1, 0.15) is 5.69 Å². The van der Waals surface area contributed by atoms with E-state index in [2.05, 4.69) is 62.5 Å². The summed E-state index contributed by atoms with van der Waals surface area (Å²) in [5, 5.41) is 7.07. The number of hydrogen-bond donors (Lipinski definition) is 3. The third-order valence-electron chi connectivity index (χ3n) is 10.9. The maximum absolute atomic E-state index is 12.8. The van der Waals surface area contributed by atoms with Gasteiger partial charge >= 0.3 is 0 Å². The Morgan fingerprint density at radius 2 is 1.77 bits per heavy atom. The monoisotopic (exact) mass is 639 g/mol. The molecule has 4 fully saturated rings. The first kappa shape index (κ1) is 31.8. The first-order valence-corrected chi connectivity index (χ1v) is 17.4. The van der Waals surface area contributed by atoms with Gasteiger partial charge in [-0.1, -0.05) is 13.0 Å². The van der Waals surface area contributed by atoms with Crippen LogP contribution < -0.4 is 21.3 Å². The fourth-order valence-electron chi connectivity index (χ4n) is 8.02. The number of ether oxygens (including phenoxy) is 1. The van der Waals surface area contributed by atoms with Crippen LogP contribution in [-0.4, -0.2) is 102 Å². The van der Waals surface area contributed by atoms with Gasteiger partial charge in [0.15, 0.2) is 17.3 Å². The lowest BCUT2D eigenvalue weighted by Gasteiger charge is -2.50. The molecular weight excluding hydrogens is 590 g/mol. The Labute approximate surface area is 278 Å². The van der Waals surface area contributed by atoms with Gasteiger partial charge in [-0.05, 0) is 93.3 Å². The topological polar surface area (TPSA) is 125 Å². The predicted octanol–water partition coefficient (Wildman–Crippen LogP) is 4.53. The summed E-state index contributed by atoms with van der Waals surface area (Å²) in [7, 11) is 2.22. The SMILES string of the molecule is CCc1cc(Nc2nc(NC3CC4(CCOCC4)C3)c(-c3ccccn3)nc2C(N)=O)ccc1N1CCC(N2CCN(C)CC2)CC1.